The number of hydrogen-bond donors (Lipinski definition) is 1. The summed E-state index contributed by atoms with van der Waals surface area (Å²) in [6.45, 7) is 8.70. The fourth-order valence-electron chi connectivity index (χ4n) is 3.36. The first kappa shape index (κ1) is 20.2. The van der Waals surface area contributed by atoms with Crippen LogP contribution in [0.2, 0.25) is 0 Å². The van der Waals surface area contributed by atoms with Gasteiger partial charge in [-0.15, -0.1) is 0 Å². The highest BCUT2D eigenvalue weighted by molar-refractivity contribution is 7.99. The Morgan fingerprint density at radius 1 is 1.00 bits per heavy atom. The quantitative estimate of drug-likeness (QED) is 0.745. The van der Waals surface area contributed by atoms with Crippen molar-refractivity contribution in [1.82, 2.24) is 4.90 Å². The summed E-state index contributed by atoms with van der Waals surface area (Å²) in [5.74, 6) is 0.786. The summed E-state index contributed by atoms with van der Waals surface area (Å²) < 4.78 is 10.9. The minimum atomic E-state index is 0.0329. The molecule has 27 heavy (non-hydrogen) atoms. The highest BCUT2D eigenvalue weighted by Gasteiger charge is 2.28. The molecule has 4 nitrogen and oxygen atoms in total. The Kier molecular flexibility index (Phi) is 7.19. The van der Waals surface area contributed by atoms with E-state index < -0.39 is 0 Å². The standard InChI is InChI=1S/C22H29NO3S/c1-22(2,23-11-14-25-15-12-23)17-18-3-7-20(8-4-18)27-21-9-5-19(6-10-21)26-16-13-24/h3-10,24H,11-17H2,1-2H3. The molecule has 0 spiro atoms. The first-order valence-corrected chi connectivity index (χ1v) is 10.3. The van der Waals surface area contributed by atoms with Gasteiger partial charge in [0.15, 0.2) is 0 Å². The van der Waals surface area contributed by atoms with Crippen molar-refractivity contribution in [1.29, 1.82) is 0 Å². The summed E-state index contributed by atoms with van der Waals surface area (Å²) >= 11 is 1.74. The molecule has 2 aromatic carbocycles. The van der Waals surface area contributed by atoms with Crippen LogP contribution < -0.4 is 4.74 Å². The Morgan fingerprint density at radius 3 is 2.19 bits per heavy atom. The molecule has 1 aliphatic heterocycles. The maximum Gasteiger partial charge on any atom is 0.119 e. The normalized spacial score (nSPS) is 15.7. The Labute approximate surface area is 166 Å². The average molecular weight is 388 g/mol. The summed E-state index contributed by atoms with van der Waals surface area (Å²) in [4.78, 5) is 4.93. The van der Waals surface area contributed by atoms with Crippen LogP contribution in [0.3, 0.4) is 0 Å². The van der Waals surface area contributed by atoms with Crippen LogP contribution in [0, 0.1) is 0 Å². The predicted molar refractivity (Wildman–Crippen MR) is 110 cm³/mol. The van der Waals surface area contributed by atoms with Crippen molar-refractivity contribution in [3.8, 4) is 5.75 Å². The molecule has 1 heterocycles. The average Bonchev–Trinajstić information content (AvgIpc) is 2.69. The van der Waals surface area contributed by atoms with Gasteiger partial charge >= 0.3 is 0 Å². The number of ether oxygens (including phenoxy) is 2. The highest BCUT2D eigenvalue weighted by Crippen LogP contribution is 2.30. The van der Waals surface area contributed by atoms with E-state index in [1.165, 1.54) is 15.4 Å². The Morgan fingerprint density at radius 2 is 1.59 bits per heavy atom. The monoisotopic (exact) mass is 387 g/mol. The molecule has 0 unspecified atom stereocenters. The maximum atomic E-state index is 8.81. The molecule has 0 radical (unpaired) electrons. The highest BCUT2D eigenvalue weighted by atomic mass is 32.2. The van der Waals surface area contributed by atoms with Crippen LogP contribution in [0.5, 0.6) is 5.75 Å². The van der Waals surface area contributed by atoms with Crippen LogP contribution in [0.1, 0.15) is 19.4 Å². The fourth-order valence-corrected chi connectivity index (χ4v) is 4.18. The van der Waals surface area contributed by atoms with Crippen LogP contribution in [-0.2, 0) is 11.2 Å². The number of morpholine rings is 1. The van der Waals surface area contributed by atoms with Gasteiger partial charge < -0.3 is 14.6 Å². The zero-order valence-corrected chi connectivity index (χ0v) is 17.0. The second-order valence-corrected chi connectivity index (χ2v) is 8.53. The van der Waals surface area contributed by atoms with Gasteiger partial charge in [-0.3, -0.25) is 4.90 Å². The lowest BCUT2D eigenvalue weighted by atomic mass is 9.92. The molecule has 5 heteroatoms. The first-order valence-electron chi connectivity index (χ1n) is 9.50. The van der Waals surface area contributed by atoms with Crippen LogP contribution in [0.25, 0.3) is 0 Å². The van der Waals surface area contributed by atoms with Crippen molar-refractivity contribution >= 4 is 11.8 Å². The van der Waals surface area contributed by atoms with Gasteiger partial charge in [-0.05, 0) is 62.2 Å². The van der Waals surface area contributed by atoms with Crippen LogP contribution in [-0.4, -0.2) is 55.1 Å². The Bertz CT molecular complexity index is 695. The van der Waals surface area contributed by atoms with Gasteiger partial charge in [-0.25, -0.2) is 0 Å². The maximum absolute atomic E-state index is 8.81. The number of rotatable bonds is 8. The SMILES string of the molecule is CC(C)(Cc1ccc(Sc2ccc(OCCO)cc2)cc1)N1CCOCC1. The smallest absolute Gasteiger partial charge is 0.119 e. The van der Waals surface area contributed by atoms with Crippen LogP contribution in [0.15, 0.2) is 58.3 Å². The topological polar surface area (TPSA) is 41.9 Å². The van der Waals surface area contributed by atoms with Gasteiger partial charge in [0, 0.05) is 28.4 Å². The van der Waals surface area contributed by atoms with E-state index >= 15 is 0 Å². The lowest BCUT2D eigenvalue weighted by molar-refractivity contribution is -0.00984. The van der Waals surface area contributed by atoms with Crippen molar-refractivity contribution in [3.05, 3.63) is 54.1 Å². The van der Waals surface area contributed by atoms with Gasteiger partial charge in [0.25, 0.3) is 0 Å². The van der Waals surface area contributed by atoms with Crippen molar-refractivity contribution in [2.75, 3.05) is 39.5 Å². The van der Waals surface area contributed by atoms with E-state index in [0.29, 0.717) is 6.61 Å². The zero-order valence-electron chi connectivity index (χ0n) is 16.2. The Hall–Kier alpha value is -1.53. The van der Waals surface area contributed by atoms with E-state index in [2.05, 4.69) is 43.0 Å². The van der Waals surface area contributed by atoms with Gasteiger partial charge in [-0.2, -0.15) is 0 Å². The van der Waals surface area contributed by atoms with Gasteiger partial charge in [0.1, 0.15) is 12.4 Å². The number of benzene rings is 2. The third-order valence-corrected chi connectivity index (χ3v) is 5.86. The number of aliphatic hydroxyl groups excluding tert-OH is 1. The van der Waals surface area contributed by atoms with Crippen molar-refractivity contribution < 1.29 is 14.6 Å². The van der Waals surface area contributed by atoms with Crippen LogP contribution >= 0.6 is 11.8 Å². The minimum Gasteiger partial charge on any atom is -0.491 e. The fraction of sp³-hybridized carbons (Fsp3) is 0.455. The lowest BCUT2D eigenvalue weighted by Crippen LogP contribution is -2.51. The minimum absolute atomic E-state index is 0.0329. The number of nitrogens with zero attached hydrogens (tertiary/aromatic N) is 1. The van der Waals surface area contributed by atoms with E-state index in [4.69, 9.17) is 14.6 Å². The molecule has 1 fully saturated rings. The molecule has 3 rings (SSSR count). The summed E-state index contributed by atoms with van der Waals surface area (Å²) in [5.41, 5.74) is 1.51. The lowest BCUT2D eigenvalue weighted by Gasteiger charge is -2.41. The van der Waals surface area contributed by atoms with Crippen molar-refractivity contribution in [3.63, 3.8) is 0 Å². The molecule has 1 aliphatic rings. The second-order valence-electron chi connectivity index (χ2n) is 7.38. The number of hydrogen-bond acceptors (Lipinski definition) is 5. The molecule has 0 saturated carbocycles. The largest absolute Gasteiger partial charge is 0.491 e. The molecule has 1 N–H and O–H groups in total. The molecule has 0 aromatic heterocycles. The molecule has 2 aromatic rings. The van der Waals surface area contributed by atoms with E-state index in [0.717, 1.165) is 38.5 Å². The van der Waals surface area contributed by atoms with E-state index in [1.54, 1.807) is 11.8 Å². The predicted octanol–water partition coefficient (Wildman–Crippen LogP) is 3.86. The zero-order chi connectivity index (χ0) is 19.1. The molecule has 0 amide bonds. The number of aliphatic hydroxyl groups is 1. The van der Waals surface area contributed by atoms with Crippen LogP contribution in [0.4, 0.5) is 0 Å². The van der Waals surface area contributed by atoms with Crippen molar-refractivity contribution in [2.24, 2.45) is 0 Å². The summed E-state index contributed by atoms with van der Waals surface area (Å²) in [6.07, 6.45) is 1.04. The second kappa shape index (κ2) is 9.60. The molecular weight excluding hydrogens is 358 g/mol. The van der Waals surface area contributed by atoms with Crippen molar-refractivity contribution in [2.45, 2.75) is 35.6 Å². The molecule has 0 bridgehead atoms. The third kappa shape index (κ3) is 5.98. The molecular formula is C22H29NO3S. The first-order chi connectivity index (χ1) is 13.1. The summed E-state index contributed by atoms with van der Waals surface area (Å²) in [6, 6.07) is 16.9. The molecule has 0 atom stereocenters. The summed E-state index contributed by atoms with van der Waals surface area (Å²) in [7, 11) is 0. The van der Waals surface area contributed by atoms with E-state index in [1.807, 2.05) is 24.3 Å². The van der Waals surface area contributed by atoms with Gasteiger partial charge in [0.05, 0.1) is 19.8 Å². The van der Waals surface area contributed by atoms with E-state index in [-0.39, 0.29) is 12.1 Å². The molecule has 1 saturated heterocycles. The van der Waals surface area contributed by atoms with E-state index in [9.17, 15) is 0 Å². The molecule has 146 valence electrons. The summed E-state index contributed by atoms with van der Waals surface area (Å²) in [5, 5.41) is 8.81. The Balaban J connectivity index is 1.56. The van der Waals surface area contributed by atoms with Gasteiger partial charge in [-0.1, -0.05) is 23.9 Å². The molecule has 0 aliphatic carbocycles. The third-order valence-electron chi connectivity index (χ3n) is 4.85. The van der Waals surface area contributed by atoms with Gasteiger partial charge in [0.2, 0.25) is 0 Å².